The molecule has 6 nitrogen and oxygen atoms in total. The normalized spacial score (nSPS) is 15.5. The first-order valence-electron chi connectivity index (χ1n) is 11.3. The number of thiazole rings is 1. The molecule has 1 aliphatic rings. The Morgan fingerprint density at radius 1 is 1.19 bits per heavy atom. The molecule has 3 aromatic rings. The third-order valence-corrected chi connectivity index (χ3v) is 8.85. The maximum absolute atomic E-state index is 13.8. The number of allylic oxidation sites excluding steroid dienone is 1. The number of hydrogen-bond acceptors (Lipinski definition) is 5. The Bertz CT molecular complexity index is 1520. The number of carbonyl (C=O) groups is 1. The number of fused-ring (bicyclic) bond motifs is 1. The predicted molar refractivity (Wildman–Crippen MR) is 162 cm³/mol. The van der Waals surface area contributed by atoms with E-state index in [1.165, 1.54) is 11.3 Å². The summed E-state index contributed by atoms with van der Waals surface area (Å²) in [5.74, 6) is 0.697. The van der Waals surface area contributed by atoms with Gasteiger partial charge in [-0.05, 0) is 107 Å². The number of ether oxygens (including phenoxy) is 1. The van der Waals surface area contributed by atoms with E-state index in [1.807, 2.05) is 51.1 Å². The smallest absolute Gasteiger partial charge is 0.271 e. The highest BCUT2D eigenvalue weighted by atomic mass is 127. The van der Waals surface area contributed by atoms with Crippen molar-refractivity contribution in [3.05, 3.63) is 90.6 Å². The average Bonchev–Trinajstić information content (AvgIpc) is 3.13. The summed E-state index contributed by atoms with van der Waals surface area (Å²) < 4.78 is 9.58. The summed E-state index contributed by atoms with van der Waals surface area (Å²) in [4.78, 5) is 34.5. The van der Waals surface area contributed by atoms with Gasteiger partial charge >= 0.3 is 0 Å². The SMILES string of the molecule is CCN(CC)C(=O)C1=C(C)N=c2s/c(=C/c3cc(I)c(OC)c(I)c3)c(=O)n2[C@@H]1c1ccc(Cl)cc1. The Kier molecular flexibility index (Phi) is 8.63. The number of benzene rings is 2. The third-order valence-electron chi connectivity index (χ3n) is 6.01. The standard InChI is InChI=1S/C26H24ClI2N3O3S/c1-5-31(6-2)25(34)21-14(3)30-26-32(22(21)16-7-9-17(27)10-8-16)24(33)20(36-26)13-15-11-18(28)23(35-4)19(29)12-15/h7-13,22H,5-6H2,1-4H3/b20-13+/t22-/m1/s1. The van der Waals surface area contributed by atoms with Gasteiger partial charge in [0, 0.05) is 18.1 Å². The minimum atomic E-state index is -0.593. The van der Waals surface area contributed by atoms with E-state index in [0.29, 0.717) is 38.7 Å². The van der Waals surface area contributed by atoms with E-state index in [0.717, 1.165) is 24.0 Å². The number of halogens is 3. The summed E-state index contributed by atoms with van der Waals surface area (Å²) in [5, 5.41) is 0.590. The van der Waals surface area contributed by atoms with Crippen LogP contribution in [0.5, 0.6) is 5.75 Å². The van der Waals surface area contributed by atoms with Crippen molar-refractivity contribution in [2.24, 2.45) is 4.99 Å². The molecule has 2 aromatic carbocycles. The fourth-order valence-corrected chi connectivity index (χ4v) is 7.68. The highest BCUT2D eigenvalue weighted by Gasteiger charge is 2.34. The molecule has 1 aliphatic heterocycles. The fraction of sp³-hybridized carbons (Fsp3) is 0.269. The van der Waals surface area contributed by atoms with E-state index in [2.05, 4.69) is 45.2 Å². The summed E-state index contributed by atoms with van der Waals surface area (Å²) in [6.07, 6.45) is 1.87. The topological polar surface area (TPSA) is 63.9 Å². The third kappa shape index (κ3) is 5.16. The zero-order valence-corrected chi connectivity index (χ0v) is 26.0. The molecular formula is C26H24ClI2N3O3S. The van der Waals surface area contributed by atoms with Crippen LogP contribution >= 0.6 is 68.1 Å². The number of hydrogen-bond donors (Lipinski definition) is 0. The number of nitrogens with zero attached hydrogens (tertiary/aromatic N) is 3. The van der Waals surface area contributed by atoms with Crippen LogP contribution in [0.1, 0.15) is 37.9 Å². The van der Waals surface area contributed by atoms with Crippen LogP contribution in [0.25, 0.3) is 6.08 Å². The molecule has 0 saturated carbocycles. The molecule has 0 N–H and O–H groups in total. The Morgan fingerprint density at radius 2 is 1.81 bits per heavy atom. The van der Waals surface area contributed by atoms with Crippen LogP contribution < -0.4 is 19.6 Å². The van der Waals surface area contributed by atoms with Crippen molar-refractivity contribution in [3.8, 4) is 5.75 Å². The first-order chi connectivity index (χ1) is 17.2. The lowest BCUT2D eigenvalue weighted by atomic mass is 9.94. The van der Waals surface area contributed by atoms with Gasteiger partial charge < -0.3 is 9.64 Å². The second-order valence-corrected chi connectivity index (χ2v) is 11.9. The van der Waals surface area contributed by atoms with Crippen LogP contribution in [0.4, 0.5) is 0 Å². The lowest BCUT2D eigenvalue weighted by Gasteiger charge is -2.29. The first-order valence-corrected chi connectivity index (χ1v) is 14.7. The Balaban J connectivity index is 1.95. The summed E-state index contributed by atoms with van der Waals surface area (Å²) in [6.45, 7) is 6.87. The first kappa shape index (κ1) is 27.3. The molecule has 0 unspecified atom stereocenters. The predicted octanol–water partition coefficient (Wildman–Crippen LogP) is 4.97. The zero-order valence-electron chi connectivity index (χ0n) is 20.1. The summed E-state index contributed by atoms with van der Waals surface area (Å²) in [7, 11) is 1.65. The van der Waals surface area contributed by atoms with E-state index in [9.17, 15) is 9.59 Å². The zero-order chi connectivity index (χ0) is 26.1. The minimum absolute atomic E-state index is 0.116. The van der Waals surface area contributed by atoms with Gasteiger partial charge in [0.2, 0.25) is 0 Å². The van der Waals surface area contributed by atoms with Crippen LogP contribution in [0, 0.1) is 7.14 Å². The lowest BCUT2D eigenvalue weighted by Crippen LogP contribution is -2.43. The molecule has 4 rings (SSSR count). The van der Waals surface area contributed by atoms with Gasteiger partial charge in [0.25, 0.3) is 11.5 Å². The van der Waals surface area contributed by atoms with Crippen LogP contribution in [0.2, 0.25) is 5.02 Å². The van der Waals surface area contributed by atoms with Crippen LogP contribution in [0.15, 0.2) is 57.5 Å². The van der Waals surface area contributed by atoms with E-state index in [-0.39, 0.29) is 11.5 Å². The number of amides is 1. The van der Waals surface area contributed by atoms with Gasteiger partial charge in [-0.3, -0.25) is 14.2 Å². The molecule has 0 saturated heterocycles. The summed E-state index contributed by atoms with van der Waals surface area (Å²) in [6, 6.07) is 10.7. The molecule has 36 heavy (non-hydrogen) atoms. The van der Waals surface area contributed by atoms with E-state index < -0.39 is 6.04 Å². The number of aromatic nitrogens is 1. The second kappa shape index (κ2) is 11.4. The van der Waals surface area contributed by atoms with Crippen LogP contribution in [0.3, 0.4) is 0 Å². The second-order valence-electron chi connectivity index (χ2n) is 8.13. The molecule has 2 heterocycles. The number of methoxy groups -OCH3 is 1. The van der Waals surface area contributed by atoms with Crippen molar-refractivity contribution in [1.82, 2.24) is 9.47 Å². The Labute approximate surface area is 245 Å². The molecular weight excluding hydrogens is 724 g/mol. The van der Waals surface area contributed by atoms with Gasteiger partial charge in [-0.15, -0.1) is 0 Å². The van der Waals surface area contributed by atoms with Crippen molar-refractivity contribution >= 4 is 80.1 Å². The maximum Gasteiger partial charge on any atom is 0.271 e. The molecule has 1 amide bonds. The summed E-state index contributed by atoms with van der Waals surface area (Å²) >= 11 is 11.9. The van der Waals surface area contributed by atoms with Gasteiger partial charge in [0.05, 0.1) is 36.1 Å². The molecule has 0 fully saturated rings. The fourth-order valence-electron chi connectivity index (χ4n) is 4.25. The number of likely N-dealkylation sites (N-methyl/N-ethyl adjacent to an activating group) is 1. The van der Waals surface area contributed by atoms with Gasteiger partial charge in [0.15, 0.2) is 4.80 Å². The molecule has 0 spiro atoms. The molecule has 0 bridgehead atoms. The van der Waals surface area contributed by atoms with Gasteiger partial charge in [0.1, 0.15) is 5.75 Å². The van der Waals surface area contributed by atoms with Crippen molar-refractivity contribution in [2.45, 2.75) is 26.8 Å². The minimum Gasteiger partial charge on any atom is -0.495 e. The quantitative estimate of drug-likeness (QED) is 0.335. The van der Waals surface area contributed by atoms with E-state index in [1.54, 1.807) is 28.7 Å². The van der Waals surface area contributed by atoms with Gasteiger partial charge in [-0.2, -0.15) is 0 Å². The van der Waals surface area contributed by atoms with Gasteiger partial charge in [-0.1, -0.05) is 35.1 Å². The lowest BCUT2D eigenvalue weighted by molar-refractivity contribution is -0.127. The van der Waals surface area contributed by atoms with Crippen LogP contribution in [-0.2, 0) is 4.79 Å². The number of carbonyl (C=O) groups excluding carboxylic acids is 1. The molecule has 1 aromatic heterocycles. The maximum atomic E-state index is 13.8. The molecule has 10 heteroatoms. The van der Waals surface area contributed by atoms with Crippen molar-refractivity contribution < 1.29 is 9.53 Å². The molecule has 0 radical (unpaired) electrons. The highest BCUT2D eigenvalue weighted by molar-refractivity contribution is 14.1. The number of rotatable bonds is 6. The largest absolute Gasteiger partial charge is 0.495 e. The molecule has 0 aliphatic carbocycles. The van der Waals surface area contributed by atoms with E-state index >= 15 is 0 Å². The molecule has 1 atom stereocenters. The van der Waals surface area contributed by atoms with Crippen molar-refractivity contribution in [2.75, 3.05) is 20.2 Å². The van der Waals surface area contributed by atoms with E-state index in [4.69, 9.17) is 21.3 Å². The highest BCUT2D eigenvalue weighted by Crippen LogP contribution is 2.32. The van der Waals surface area contributed by atoms with Gasteiger partial charge in [-0.25, -0.2) is 4.99 Å². The molecule has 188 valence electrons. The van der Waals surface area contributed by atoms with Crippen molar-refractivity contribution in [1.29, 1.82) is 0 Å². The average molecular weight is 748 g/mol. The monoisotopic (exact) mass is 747 g/mol. The Hall–Kier alpha value is -1.70. The summed E-state index contributed by atoms with van der Waals surface area (Å²) in [5.41, 5.74) is 2.65. The Morgan fingerprint density at radius 3 is 2.36 bits per heavy atom. The van der Waals surface area contributed by atoms with Crippen molar-refractivity contribution in [3.63, 3.8) is 0 Å². The van der Waals surface area contributed by atoms with Crippen LogP contribution in [-0.4, -0.2) is 35.6 Å².